The molecule has 0 amide bonds. The maximum atomic E-state index is 2.43. The van der Waals surface area contributed by atoms with Gasteiger partial charge in [0.1, 0.15) is 0 Å². The molecule has 0 radical (unpaired) electrons. The molecule has 0 heterocycles. The van der Waals surface area contributed by atoms with E-state index in [1.807, 2.05) is 0 Å². The summed E-state index contributed by atoms with van der Waals surface area (Å²) in [6.45, 7) is 14.4. The SMILES string of the molecule is CCC(CC)([C-](C)C(C)(C)C)C1CCCCC1. The fourth-order valence-electron chi connectivity index (χ4n) is 4.07. The Morgan fingerprint density at radius 2 is 1.41 bits per heavy atom. The Kier molecular flexibility index (Phi) is 5.10. The predicted octanol–water partition coefficient (Wildman–Crippen LogP) is 6.01. The van der Waals surface area contributed by atoms with Crippen molar-refractivity contribution in [1.29, 1.82) is 0 Å². The molecule has 0 unspecified atom stereocenters. The molecule has 0 aromatic carbocycles. The van der Waals surface area contributed by atoms with Crippen LogP contribution < -0.4 is 0 Å². The van der Waals surface area contributed by atoms with Gasteiger partial charge in [-0.15, -0.1) is 5.41 Å². The Bertz CT molecular complexity index is 211. The molecule has 1 aliphatic rings. The molecule has 0 nitrogen and oxygen atoms in total. The standard InChI is InChI=1S/C17H33/c1-7-17(8-2,14(3)16(4,5)6)15-12-10-9-11-13-15/h15H,7-13H2,1-6H3/q-1. The van der Waals surface area contributed by atoms with E-state index in [4.69, 9.17) is 0 Å². The minimum absolute atomic E-state index is 0.365. The third-order valence-corrected chi connectivity index (χ3v) is 5.52. The van der Waals surface area contributed by atoms with Gasteiger partial charge in [-0.05, 0) is 0 Å². The van der Waals surface area contributed by atoms with Crippen LogP contribution in [0.2, 0.25) is 0 Å². The zero-order valence-electron chi connectivity index (χ0n) is 13.0. The first-order valence-corrected chi connectivity index (χ1v) is 7.73. The van der Waals surface area contributed by atoms with Crippen molar-refractivity contribution in [3.63, 3.8) is 0 Å². The topological polar surface area (TPSA) is 0 Å². The molecule has 17 heavy (non-hydrogen) atoms. The van der Waals surface area contributed by atoms with E-state index in [1.54, 1.807) is 5.92 Å². The van der Waals surface area contributed by atoms with E-state index in [0.717, 1.165) is 5.92 Å². The molecule has 0 bridgehead atoms. The predicted molar refractivity (Wildman–Crippen MR) is 78.0 cm³/mol. The largest absolute Gasteiger partial charge is 0.305 e. The minimum Gasteiger partial charge on any atom is -0.305 e. The fraction of sp³-hybridized carbons (Fsp3) is 0.941. The summed E-state index contributed by atoms with van der Waals surface area (Å²) in [6, 6.07) is 0. The Morgan fingerprint density at radius 1 is 0.941 bits per heavy atom. The van der Waals surface area contributed by atoms with Crippen LogP contribution in [0.3, 0.4) is 0 Å². The highest BCUT2D eigenvalue weighted by atomic mass is 14.5. The van der Waals surface area contributed by atoms with E-state index >= 15 is 0 Å². The van der Waals surface area contributed by atoms with E-state index in [-0.39, 0.29) is 0 Å². The molecule has 0 aliphatic heterocycles. The normalized spacial score (nSPS) is 19.9. The van der Waals surface area contributed by atoms with Crippen molar-refractivity contribution in [1.82, 2.24) is 0 Å². The third-order valence-electron chi connectivity index (χ3n) is 5.52. The van der Waals surface area contributed by atoms with Crippen molar-refractivity contribution >= 4 is 0 Å². The van der Waals surface area contributed by atoms with Crippen molar-refractivity contribution in [2.45, 2.75) is 86.5 Å². The smallest absolute Gasteiger partial charge is 0.0524 e. The molecule has 1 saturated carbocycles. The van der Waals surface area contributed by atoms with Crippen molar-refractivity contribution in [2.75, 3.05) is 0 Å². The molecule has 0 aromatic rings. The summed E-state index contributed by atoms with van der Waals surface area (Å²) in [7, 11) is 0. The minimum atomic E-state index is 0.365. The second-order valence-corrected chi connectivity index (χ2v) is 7.07. The maximum Gasteiger partial charge on any atom is -0.0524 e. The first-order valence-electron chi connectivity index (χ1n) is 7.73. The molecular weight excluding hydrogens is 204 g/mol. The molecule has 0 spiro atoms. The summed E-state index contributed by atoms with van der Waals surface area (Å²) in [5.41, 5.74) is 0.877. The molecule has 0 atom stereocenters. The van der Waals surface area contributed by atoms with E-state index in [0.29, 0.717) is 10.8 Å². The van der Waals surface area contributed by atoms with E-state index in [2.05, 4.69) is 41.5 Å². The lowest BCUT2D eigenvalue weighted by atomic mass is 9.54. The monoisotopic (exact) mass is 237 g/mol. The van der Waals surface area contributed by atoms with Gasteiger partial charge in [0.2, 0.25) is 0 Å². The molecule has 1 rings (SSSR count). The van der Waals surface area contributed by atoms with Crippen molar-refractivity contribution in [3.05, 3.63) is 5.92 Å². The second kappa shape index (κ2) is 5.76. The van der Waals surface area contributed by atoms with Gasteiger partial charge >= 0.3 is 0 Å². The summed E-state index contributed by atoms with van der Waals surface area (Å²) in [5.74, 6) is 2.70. The van der Waals surface area contributed by atoms with Crippen molar-refractivity contribution in [3.8, 4) is 0 Å². The summed E-state index contributed by atoms with van der Waals surface area (Å²) in [6.07, 6.45) is 9.99. The summed E-state index contributed by atoms with van der Waals surface area (Å²) >= 11 is 0. The Balaban J connectivity index is 2.94. The highest BCUT2D eigenvalue weighted by Gasteiger charge is 2.35. The van der Waals surface area contributed by atoms with Crippen LogP contribution in [-0.4, -0.2) is 0 Å². The van der Waals surface area contributed by atoms with Gasteiger partial charge in [0.05, 0.1) is 0 Å². The maximum absolute atomic E-state index is 2.43. The summed E-state index contributed by atoms with van der Waals surface area (Å²) in [5, 5.41) is 0. The summed E-state index contributed by atoms with van der Waals surface area (Å²) in [4.78, 5) is 0. The molecule has 0 N–H and O–H groups in total. The molecule has 0 aromatic heterocycles. The molecule has 0 saturated heterocycles. The quantitative estimate of drug-likeness (QED) is 0.525. The van der Waals surface area contributed by atoms with Gasteiger partial charge in [-0.1, -0.05) is 85.5 Å². The fourth-order valence-corrected chi connectivity index (χ4v) is 4.07. The van der Waals surface area contributed by atoms with Gasteiger partial charge in [0, 0.05) is 0 Å². The molecular formula is C17H33-. The van der Waals surface area contributed by atoms with Crippen LogP contribution in [0.25, 0.3) is 0 Å². The first kappa shape index (κ1) is 15.1. The van der Waals surface area contributed by atoms with Crippen LogP contribution in [0.4, 0.5) is 0 Å². The van der Waals surface area contributed by atoms with Crippen LogP contribution >= 0.6 is 0 Å². The van der Waals surface area contributed by atoms with Gasteiger partial charge < -0.3 is 5.92 Å². The van der Waals surface area contributed by atoms with Gasteiger partial charge in [-0.25, -0.2) is 0 Å². The molecule has 102 valence electrons. The van der Waals surface area contributed by atoms with Gasteiger partial charge in [0.25, 0.3) is 0 Å². The van der Waals surface area contributed by atoms with Crippen LogP contribution in [0, 0.1) is 22.7 Å². The Morgan fingerprint density at radius 3 is 1.76 bits per heavy atom. The lowest BCUT2D eigenvalue weighted by Crippen LogP contribution is -2.41. The Labute approximate surface area is 110 Å². The number of rotatable bonds is 4. The van der Waals surface area contributed by atoms with Gasteiger partial charge in [0.15, 0.2) is 0 Å². The number of hydrogen-bond donors (Lipinski definition) is 0. The zero-order valence-corrected chi connectivity index (χ0v) is 13.0. The van der Waals surface area contributed by atoms with Crippen molar-refractivity contribution < 1.29 is 0 Å². The number of hydrogen-bond acceptors (Lipinski definition) is 0. The van der Waals surface area contributed by atoms with Crippen LogP contribution in [-0.2, 0) is 0 Å². The average Bonchev–Trinajstić information content (AvgIpc) is 2.31. The van der Waals surface area contributed by atoms with Gasteiger partial charge in [-0.2, -0.15) is 12.3 Å². The van der Waals surface area contributed by atoms with Gasteiger partial charge in [-0.3, -0.25) is 0 Å². The Hall–Kier alpha value is 0. The summed E-state index contributed by atoms with van der Waals surface area (Å²) < 4.78 is 0. The molecule has 0 heteroatoms. The molecule has 1 fully saturated rings. The second-order valence-electron chi connectivity index (χ2n) is 7.07. The highest BCUT2D eigenvalue weighted by molar-refractivity contribution is 5.12. The van der Waals surface area contributed by atoms with Crippen LogP contribution in [0.1, 0.15) is 86.5 Å². The third kappa shape index (κ3) is 3.06. The first-order chi connectivity index (χ1) is 7.88. The zero-order chi connectivity index (χ0) is 13.1. The van der Waals surface area contributed by atoms with Crippen molar-refractivity contribution in [2.24, 2.45) is 16.7 Å². The van der Waals surface area contributed by atoms with Crippen LogP contribution in [0.5, 0.6) is 0 Å². The van der Waals surface area contributed by atoms with E-state index in [1.165, 1.54) is 44.9 Å². The highest BCUT2D eigenvalue weighted by Crippen LogP contribution is 2.54. The van der Waals surface area contributed by atoms with E-state index < -0.39 is 0 Å². The van der Waals surface area contributed by atoms with E-state index in [9.17, 15) is 0 Å². The average molecular weight is 237 g/mol. The lowest BCUT2D eigenvalue weighted by Gasteiger charge is -2.62. The lowest BCUT2D eigenvalue weighted by molar-refractivity contribution is 0.0849. The molecule has 1 aliphatic carbocycles. The van der Waals surface area contributed by atoms with Crippen LogP contribution in [0.15, 0.2) is 0 Å².